The first-order valence-corrected chi connectivity index (χ1v) is 9.29. The van der Waals surface area contributed by atoms with Gasteiger partial charge in [-0.15, -0.1) is 0 Å². The number of nitrogens with zero attached hydrogens (tertiary/aromatic N) is 1. The third-order valence-corrected chi connectivity index (χ3v) is 5.38. The van der Waals surface area contributed by atoms with E-state index in [0.29, 0.717) is 24.0 Å². The highest BCUT2D eigenvalue weighted by Crippen LogP contribution is 2.38. The first-order valence-electron chi connectivity index (χ1n) is 9.29. The average molecular weight is 357 g/mol. The van der Waals surface area contributed by atoms with Gasteiger partial charge in [-0.2, -0.15) is 0 Å². The molecule has 1 fully saturated rings. The molecule has 0 bridgehead atoms. The van der Waals surface area contributed by atoms with Crippen LogP contribution >= 0.6 is 0 Å². The lowest BCUT2D eigenvalue weighted by molar-refractivity contribution is -0.0304. The van der Waals surface area contributed by atoms with Crippen molar-refractivity contribution in [1.29, 1.82) is 0 Å². The third-order valence-electron chi connectivity index (χ3n) is 5.38. The number of hydrogen-bond acceptors (Lipinski definition) is 3. The maximum absolute atomic E-state index is 13.7. The van der Waals surface area contributed by atoms with Crippen LogP contribution in [0.25, 0.3) is 0 Å². The fourth-order valence-corrected chi connectivity index (χ4v) is 3.78. The molecule has 0 aliphatic carbocycles. The van der Waals surface area contributed by atoms with Crippen molar-refractivity contribution in [2.45, 2.75) is 44.3 Å². The fraction of sp³-hybridized carbons (Fsp3) is 0.455. The Kier molecular flexibility index (Phi) is 5.47. The molecule has 1 heterocycles. The Bertz CT molecular complexity index is 732. The predicted octanol–water partition coefficient (Wildman–Crippen LogP) is 3.58. The second kappa shape index (κ2) is 7.47. The Labute approximate surface area is 155 Å². The third kappa shape index (κ3) is 4.32. The van der Waals surface area contributed by atoms with Crippen LogP contribution < -0.4 is 0 Å². The summed E-state index contributed by atoms with van der Waals surface area (Å²) in [6.45, 7) is 5.78. The Balaban J connectivity index is 1.68. The minimum Gasteiger partial charge on any atom is -0.386 e. The molecule has 0 atom stereocenters. The number of benzene rings is 2. The molecule has 2 aromatic carbocycles. The van der Waals surface area contributed by atoms with E-state index < -0.39 is 17.0 Å². The van der Waals surface area contributed by atoms with Crippen molar-refractivity contribution in [3.63, 3.8) is 0 Å². The number of likely N-dealkylation sites (tertiary alicyclic amines) is 1. The molecule has 0 radical (unpaired) electrons. The van der Waals surface area contributed by atoms with Gasteiger partial charge in [0.1, 0.15) is 5.82 Å². The Hall–Kier alpha value is -1.75. The molecule has 26 heavy (non-hydrogen) atoms. The summed E-state index contributed by atoms with van der Waals surface area (Å²) in [5, 5.41) is 21.6. The molecule has 0 saturated carbocycles. The van der Waals surface area contributed by atoms with Gasteiger partial charge in [0.15, 0.2) is 0 Å². The molecule has 1 saturated heterocycles. The lowest BCUT2D eigenvalue weighted by Crippen LogP contribution is -2.44. The predicted molar refractivity (Wildman–Crippen MR) is 101 cm³/mol. The van der Waals surface area contributed by atoms with Crippen LogP contribution in [0.4, 0.5) is 4.39 Å². The summed E-state index contributed by atoms with van der Waals surface area (Å²) in [5.41, 5.74) is 0.215. The second-order valence-corrected chi connectivity index (χ2v) is 7.86. The first-order chi connectivity index (χ1) is 12.3. The highest BCUT2D eigenvalue weighted by molar-refractivity contribution is 5.37. The van der Waals surface area contributed by atoms with E-state index in [2.05, 4.69) is 29.2 Å². The van der Waals surface area contributed by atoms with Gasteiger partial charge in [-0.1, -0.05) is 36.4 Å². The van der Waals surface area contributed by atoms with E-state index in [-0.39, 0.29) is 0 Å². The molecule has 0 aromatic heterocycles. The van der Waals surface area contributed by atoms with Crippen molar-refractivity contribution in [3.8, 4) is 0 Å². The summed E-state index contributed by atoms with van der Waals surface area (Å²) in [6.07, 6.45) is 2.15. The van der Waals surface area contributed by atoms with Crippen molar-refractivity contribution in [1.82, 2.24) is 4.90 Å². The maximum Gasteiger partial charge on any atom is 0.123 e. The highest BCUT2D eigenvalue weighted by atomic mass is 19.1. The van der Waals surface area contributed by atoms with Crippen LogP contribution in [0.15, 0.2) is 48.5 Å². The van der Waals surface area contributed by atoms with Crippen LogP contribution in [-0.2, 0) is 17.6 Å². The van der Waals surface area contributed by atoms with E-state index in [9.17, 15) is 14.6 Å². The molecule has 2 N–H and O–H groups in total. The monoisotopic (exact) mass is 357 g/mol. The standard InChI is InChI=1S/C22H28FNO2/c1-21(2,25)20-16-18(23)8-9-19(20)22(26)11-14-24(15-12-22)13-10-17-6-4-3-5-7-17/h3-9,16,25-26H,10-15H2,1-2H3. The fourth-order valence-electron chi connectivity index (χ4n) is 3.78. The van der Waals surface area contributed by atoms with Crippen LogP contribution in [0.1, 0.15) is 43.4 Å². The van der Waals surface area contributed by atoms with Crippen LogP contribution in [-0.4, -0.2) is 34.7 Å². The van der Waals surface area contributed by atoms with E-state index >= 15 is 0 Å². The Morgan fingerprint density at radius 2 is 1.73 bits per heavy atom. The molecular weight excluding hydrogens is 329 g/mol. The molecule has 1 aliphatic heterocycles. The number of rotatable bonds is 5. The maximum atomic E-state index is 13.7. The molecule has 3 nitrogen and oxygen atoms in total. The summed E-state index contributed by atoms with van der Waals surface area (Å²) in [6, 6.07) is 14.7. The van der Waals surface area contributed by atoms with Gasteiger partial charge in [0, 0.05) is 19.6 Å². The van der Waals surface area contributed by atoms with Crippen LogP contribution in [0.5, 0.6) is 0 Å². The lowest BCUT2D eigenvalue weighted by atomic mass is 9.78. The van der Waals surface area contributed by atoms with Crippen molar-refractivity contribution in [2.24, 2.45) is 0 Å². The van der Waals surface area contributed by atoms with Gasteiger partial charge < -0.3 is 15.1 Å². The van der Waals surface area contributed by atoms with E-state index in [0.717, 1.165) is 26.1 Å². The van der Waals surface area contributed by atoms with E-state index in [1.165, 1.54) is 17.7 Å². The summed E-state index contributed by atoms with van der Waals surface area (Å²) in [5.74, 6) is -0.394. The molecular formula is C22H28FNO2. The molecule has 3 rings (SSSR count). The molecule has 4 heteroatoms. The van der Waals surface area contributed by atoms with Crippen molar-refractivity contribution < 1.29 is 14.6 Å². The zero-order valence-electron chi connectivity index (χ0n) is 15.6. The van der Waals surface area contributed by atoms with Crippen molar-refractivity contribution in [2.75, 3.05) is 19.6 Å². The van der Waals surface area contributed by atoms with Gasteiger partial charge >= 0.3 is 0 Å². The van der Waals surface area contributed by atoms with E-state index in [4.69, 9.17) is 0 Å². The van der Waals surface area contributed by atoms with Gasteiger partial charge in [-0.05, 0) is 61.9 Å². The number of piperidine rings is 1. The summed E-state index contributed by atoms with van der Waals surface area (Å²) < 4.78 is 13.7. The minimum absolute atomic E-state index is 0.394. The summed E-state index contributed by atoms with van der Waals surface area (Å²) in [4.78, 5) is 2.36. The normalized spacial score (nSPS) is 18.0. The molecule has 2 aromatic rings. The second-order valence-electron chi connectivity index (χ2n) is 7.86. The quantitative estimate of drug-likeness (QED) is 0.860. The van der Waals surface area contributed by atoms with Crippen LogP contribution in [0.3, 0.4) is 0 Å². The molecule has 0 unspecified atom stereocenters. The Morgan fingerprint density at radius 1 is 1.08 bits per heavy atom. The number of hydrogen-bond donors (Lipinski definition) is 2. The van der Waals surface area contributed by atoms with Crippen molar-refractivity contribution >= 4 is 0 Å². The van der Waals surface area contributed by atoms with Gasteiger partial charge in [-0.3, -0.25) is 0 Å². The van der Waals surface area contributed by atoms with Gasteiger partial charge in [0.25, 0.3) is 0 Å². The van der Waals surface area contributed by atoms with Crippen molar-refractivity contribution in [3.05, 3.63) is 71.0 Å². The van der Waals surface area contributed by atoms with Crippen LogP contribution in [0, 0.1) is 5.82 Å². The van der Waals surface area contributed by atoms with E-state index in [1.54, 1.807) is 19.9 Å². The molecule has 0 amide bonds. The molecule has 140 valence electrons. The van der Waals surface area contributed by atoms with Gasteiger partial charge in [0.2, 0.25) is 0 Å². The van der Waals surface area contributed by atoms with Gasteiger partial charge in [0.05, 0.1) is 11.2 Å². The Morgan fingerprint density at radius 3 is 2.35 bits per heavy atom. The largest absolute Gasteiger partial charge is 0.386 e. The lowest BCUT2D eigenvalue weighted by Gasteiger charge is -2.40. The first kappa shape index (κ1) is 19.0. The SMILES string of the molecule is CC(C)(O)c1cc(F)ccc1C1(O)CCN(CCc2ccccc2)CC1. The number of aliphatic hydroxyl groups is 2. The highest BCUT2D eigenvalue weighted by Gasteiger charge is 2.38. The molecule has 0 spiro atoms. The van der Waals surface area contributed by atoms with Crippen LogP contribution in [0.2, 0.25) is 0 Å². The topological polar surface area (TPSA) is 43.7 Å². The summed E-state index contributed by atoms with van der Waals surface area (Å²) >= 11 is 0. The van der Waals surface area contributed by atoms with E-state index in [1.807, 2.05) is 6.07 Å². The number of halogens is 1. The van der Waals surface area contributed by atoms with Gasteiger partial charge in [-0.25, -0.2) is 4.39 Å². The minimum atomic E-state index is -1.20. The summed E-state index contributed by atoms with van der Waals surface area (Å²) in [7, 11) is 0. The zero-order valence-corrected chi connectivity index (χ0v) is 15.6. The average Bonchev–Trinajstić information content (AvgIpc) is 2.61. The smallest absolute Gasteiger partial charge is 0.123 e. The zero-order chi connectivity index (χ0) is 18.8. The molecule has 1 aliphatic rings.